The number of nitrogens with zero attached hydrogens (tertiary/aromatic N) is 1. The van der Waals surface area contributed by atoms with E-state index in [-0.39, 0.29) is 11.8 Å². The van der Waals surface area contributed by atoms with Crippen molar-refractivity contribution in [1.82, 2.24) is 4.98 Å². The standard InChI is InChI=1S/C25H22N2O3/c1-16-11-12-18-13-14-21(24(28)23(18)26-16)22(17-7-4-3-5-8-17)27-20-10-6-9-19(15-20)25(29)30-2/h3-15,22,27-28H,1-2H3. The lowest BCUT2D eigenvalue weighted by atomic mass is 9.95. The van der Waals surface area contributed by atoms with Crippen LogP contribution in [0.25, 0.3) is 10.9 Å². The number of aromatic nitrogens is 1. The molecule has 2 N–H and O–H groups in total. The monoisotopic (exact) mass is 398 g/mol. The Morgan fingerprint density at radius 1 is 1.00 bits per heavy atom. The van der Waals surface area contributed by atoms with Gasteiger partial charge >= 0.3 is 5.97 Å². The van der Waals surface area contributed by atoms with Gasteiger partial charge in [0, 0.05) is 22.3 Å². The molecular formula is C25H22N2O3. The van der Waals surface area contributed by atoms with Crippen LogP contribution in [0.2, 0.25) is 0 Å². The zero-order valence-electron chi connectivity index (χ0n) is 16.8. The summed E-state index contributed by atoms with van der Waals surface area (Å²) >= 11 is 0. The van der Waals surface area contributed by atoms with Crippen molar-refractivity contribution in [2.75, 3.05) is 12.4 Å². The van der Waals surface area contributed by atoms with E-state index < -0.39 is 5.97 Å². The third kappa shape index (κ3) is 3.82. The number of phenols is 1. The fraction of sp³-hybridized carbons (Fsp3) is 0.120. The number of anilines is 1. The smallest absolute Gasteiger partial charge is 0.337 e. The van der Waals surface area contributed by atoms with Gasteiger partial charge in [-0.05, 0) is 36.8 Å². The summed E-state index contributed by atoms with van der Waals surface area (Å²) in [6, 6.07) is 24.4. The van der Waals surface area contributed by atoms with Crippen LogP contribution in [0.4, 0.5) is 5.69 Å². The van der Waals surface area contributed by atoms with Crippen LogP contribution in [-0.4, -0.2) is 23.2 Å². The maximum atomic E-state index is 11.9. The van der Waals surface area contributed by atoms with E-state index in [0.717, 1.165) is 22.3 Å². The minimum absolute atomic E-state index is 0.140. The van der Waals surface area contributed by atoms with Gasteiger partial charge in [0.25, 0.3) is 0 Å². The number of esters is 1. The van der Waals surface area contributed by atoms with Crippen molar-refractivity contribution in [3.63, 3.8) is 0 Å². The predicted molar refractivity (Wildman–Crippen MR) is 118 cm³/mol. The van der Waals surface area contributed by atoms with Crippen LogP contribution in [-0.2, 0) is 4.74 Å². The Balaban J connectivity index is 1.82. The minimum Gasteiger partial charge on any atom is -0.505 e. The molecule has 3 aromatic carbocycles. The van der Waals surface area contributed by atoms with Crippen molar-refractivity contribution in [3.05, 3.63) is 101 Å². The van der Waals surface area contributed by atoms with Gasteiger partial charge in [0.2, 0.25) is 0 Å². The topological polar surface area (TPSA) is 71.5 Å². The molecule has 0 aliphatic rings. The average molecular weight is 398 g/mol. The van der Waals surface area contributed by atoms with Gasteiger partial charge in [-0.3, -0.25) is 0 Å². The van der Waals surface area contributed by atoms with E-state index in [1.807, 2.05) is 67.6 Å². The van der Waals surface area contributed by atoms with Crippen molar-refractivity contribution in [3.8, 4) is 5.75 Å². The lowest BCUT2D eigenvalue weighted by Gasteiger charge is -2.23. The summed E-state index contributed by atoms with van der Waals surface area (Å²) in [7, 11) is 1.36. The van der Waals surface area contributed by atoms with Crippen molar-refractivity contribution in [1.29, 1.82) is 0 Å². The molecule has 0 bridgehead atoms. The zero-order chi connectivity index (χ0) is 21.1. The molecule has 0 amide bonds. The Labute approximate surface area is 175 Å². The summed E-state index contributed by atoms with van der Waals surface area (Å²) in [5.74, 6) is -0.259. The van der Waals surface area contributed by atoms with Gasteiger partial charge in [-0.15, -0.1) is 0 Å². The van der Waals surface area contributed by atoms with Crippen molar-refractivity contribution in [2.45, 2.75) is 13.0 Å². The summed E-state index contributed by atoms with van der Waals surface area (Å²) in [6.07, 6.45) is 0. The first-order valence-electron chi connectivity index (χ1n) is 9.66. The van der Waals surface area contributed by atoms with E-state index in [0.29, 0.717) is 16.6 Å². The lowest BCUT2D eigenvalue weighted by Crippen LogP contribution is -2.13. The number of aryl methyl sites for hydroxylation is 1. The number of aromatic hydroxyl groups is 1. The van der Waals surface area contributed by atoms with Crippen LogP contribution in [0.3, 0.4) is 0 Å². The molecule has 150 valence electrons. The van der Waals surface area contributed by atoms with Crippen LogP contribution in [0, 0.1) is 6.92 Å². The number of rotatable bonds is 5. The third-order valence-electron chi connectivity index (χ3n) is 5.04. The lowest BCUT2D eigenvalue weighted by molar-refractivity contribution is 0.0601. The molecule has 1 heterocycles. The molecule has 5 nitrogen and oxygen atoms in total. The Bertz CT molecular complexity index is 1210. The normalized spacial score (nSPS) is 11.8. The van der Waals surface area contributed by atoms with Crippen molar-refractivity contribution >= 4 is 22.6 Å². The van der Waals surface area contributed by atoms with Gasteiger partial charge < -0.3 is 15.2 Å². The van der Waals surface area contributed by atoms with Crippen LogP contribution >= 0.6 is 0 Å². The number of carbonyl (C=O) groups excluding carboxylic acids is 1. The van der Waals surface area contributed by atoms with E-state index in [1.54, 1.807) is 18.2 Å². The first-order chi connectivity index (χ1) is 14.6. The van der Waals surface area contributed by atoms with Crippen molar-refractivity contribution in [2.24, 2.45) is 0 Å². The predicted octanol–water partition coefficient (Wildman–Crippen LogP) is 5.24. The average Bonchev–Trinajstić information content (AvgIpc) is 2.79. The molecular weight excluding hydrogens is 376 g/mol. The molecule has 1 atom stereocenters. The zero-order valence-corrected chi connectivity index (χ0v) is 16.8. The van der Waals surface area contributed by atoms with E-state index >= 15 is 0 Å². The number of benzene rings is 3. The Kier molecular flexibility index (Phi) is 5.35. The maximum absolute atomic E-state index is 11.9. The Morgan fingerprint density at radius 2 is 1.77 bits per heavy atom. The number of carbonyl (C=O) groups is 1. The number of phenolic OH excluding ortho intramolecular Hbond substituents is 1. The maximum Gasteiger partial charge on any atom is 0.337 e. The first kappa shape index (κ1) is 19.5. The molecule has 0 aliphatic heterocycles. The second-order valence-corrected chi connectivity index (χ2v) is 7.09. The van der Waals surface area contributed by atoms with E-state index in [2.05, 4.69) is 10.3 Å². The number of fused-ring (bicyclic) bond motifs is 1. The number of ether oxygens (including phenoxy) is 1. The summed E-state index contributed by atoms with van der Waals surface area (Å²) in [5.41, 5.74) is 4.28. The number of methoxy groups -OCH3 is 1. The SMILES string of the molecule is COC(=O)c1cccc(NC(c2ccccc2)c2ccc3ccc(C)nc3c2O)c1. The number of hydrogen-bond donors (Lipinski definition) is 2. The summed E-state index contributed by atoms with van der Waals surface area (Å²) in [5, 5.41) is 15.4. The highest BCUT2D eigenvalue weighted by Gasteiger charge is 2.20. The second kappa shape index (κ2) is 8.25. The van der Waals surface area contributed by atoms with Crippen molar-refractivity contribution < 1.29 is 14.6 Å². The van der Waals surface area contributed by atoms with Gasteiger partial charge in [-0.2, -0.15) is 0 Å². The molecule has 4 aromatic rings. The molecule has 30 heavy (non-hydrogen) atoms. The van der Waals surface area contributed by atoms with E-state index in [9.17, 15) is 9.90 Å². The largest absolute Gasteiger partial charge is 0.505 e. The fourth-order valence-corrected chi connectivity index (χ4v) is 3.53. The van der Waals surface area contributed by atoms with Crippen LogP contribution in [0.1, 0.15) is 33.2 Å². The molecule has 0 saturated carbocycles. The van der Waals surface area contributed by atoms with Gasteiger partial charge in [-0.1, -0.05) is 54.6 Å². The van der Waals surface area contributed by atoms with E-state index in [1.165, 1.54) is 7.11 Å². The highest BCUT2D eigenvalue weighted by molar-refractivity contribution is 5.90. The van der Waals surface area contributed by atoms with Crippen LogP contribution in [0.5, 0.6) is 5.75 Å². The number of hydrogen-bond acceptors (Lipinski definition) is 5. The Morgan fingerprint density at radius 3 is 2.53 bits per heavy atom. The fourth-order valence-electron chi connectivity index (χ4n) is 3.53. The highest BCUT2D eigenvalue weighted by atomic mass is 16.5. The number of nitrogens with one attached hydrogen (secondary N) is 1. The molecule has 1 aromatic heterocycles. The quantitative estimate of drug-likeness (QED) is 0.450. The first-order valence-corrected chi connectivity index (χ1v) is 9.66. The summed E-state index contributed by atoms with van der Waals surface area (Å²) in [4.78, 5) is 16.5. The van der Waals surface area contributed by atoms with Gasteiger partial charge in [0.15, 0.2) is 0 Å². The molecule has 0 aliphatic carbocycles. The van der Waals surface area contributed by atoms with Crippen LogP contribution < -0.4 is 5.32 Å². The Hall–Kier alpha value is -3.86. The van der Waals surface area contributed by atoms with Gasteiger partial charge in [-0.25, -0.2) is 9.78 Å². The molecule has 4 rings (SSSR count). The van der Waals surface area contributed by atoms with E-state index in [4.69, 9.17) is 4.74 Å². The highest BCUT2D eigenvalue weighted by Crippen LogP contribution is 2.36. The molecule has 0 fully saturated rings. The molecule has 1 unspecified atom stereocenters. The molecule has 0 saturated heterocycles. The summed E-state index contributed by atoms with van der Waals surface area (Å²) < 4.78 is 4.83. The molecule has 0 spiro atoms. The third-order valence-corrected chi connectivity index (χ3v) is 5.04. The van der Waals surface area contributed by atoms with Gasteiger partial charge in [0.05, 0.1) is 18.7 Å². The number of pyridine rings is 1. The van der Waals surface area contributed by atoms with Gasteiger partial charge in [0.1, 0.15) is 11.3 Å². The summed E-state index contributed by atoms with van der Waals surface area (Å²) in [6.45, 7) is 1.90. The molecule has 0 radical (unpaired) electrons. The molecule has 5 heteroatoms. The second-order valence-electron chi connectivity index (χ2n) is 7.09. The van der Waals surface area contributed by atoms with Crippen LogP contribution in [0.15, 0.2) is 78.9 Å². The minimum atomic E-state index is -0.400.